The molecule has 0 aromatic heterocycles. The molecule has 0 heterocycles. The number of hydrogen-bond acceptors (Lipinski definition) is 0. The zero-order chi connectivity index (χ0) is 12.7. The zero-order valence-corrected chi connectivity index (χ0v) is 10.6. The highest BCUT2D eigenvalue weighted by molar-refractivity contribution is 5.45. The van der Waals surface area contributed by atoms with E-state index < -0.39 is 0 Å². The first-order valence-electron chi connectivity index (χ1n) is 5.75. The molecule has 0 atom stereocenters. The van der Waals surface area contributed by atoms with Crippen molar-refractivity contribution in [1.29, 1.82) is 0 Å². The van der Waals surface area contributed by atoms with Crippen molar-refractivity contribution in [3.8, 4) is 11.8 Å². The van der Waals surface area contributed by atoms with Crippen LogP contribution in [0.4, 0.5) is 0 Å². The van der Waals surface area contributed by atoms with Crippen LogP contribution in [0.2, 0.25) is 0 Å². The summed E-state index contributed by atoms with van der Waals surface area (Å²) >= 11 is 0. The van der Waals surface area contributed by atoms with E-state index >= 15 is 0 Å². The molecular weight excluding hydrogens is 204 g/mol. The van der Waals surface area contributed by atoms with Gasteiger partial charge in [0.05, 0.1) is 0 Å². The standard InChI is InChI=1S/C17H18/c1-5-14(2)6-7-15(3)8-11-17-12-9-16(4)10-13-17/h6-7,9-10,12-13H,2-3,5H2,1,4H3/b7-6-. The minimum Gasteiger partial charge on any atom is -0.0958 e. The van der Waals surface area contributed by atoms with Crippen molar-refractivity contribution in [2.24, 2.45) is 0 Å². The Morgan fingerprint density at radius 2 is 1.82 bits per heavy atom. The molecule has 0 radical (unpaired) electrons. The maximum atomic E-state index is 3.90. The van der Waals surface area contributed by atoms with Crippen LogP contribution in [0, 0.1) is 18.8 Å². The molecule has 0 amide bonds. The smallest absolute Gasteiger partial charge is 0.0249 e. The minimum atomic E-state index is 0.806. The molecular formula is C17H18. The summed E-state index contributed by atoms with van der Waals surface area (Å²) in [6.45, 7) is 11.9. The van der Waals surface area contributed by atoms with Crippen molar-refractivity contribution in [1.82, 2.24) is 0 Å². The van der Waals surface area contributed by atoms with E-state index in [2.05, 4.69) is 51.0 Å². The number of benzene rings is 1. The van der Waals surface area contributed by atoms with Crippen molar-refractivity contribution in [3.63, 3.8) is 0 Å². The molecule has 0 aliphatic heterocycles. The predicted molar refractivity (Wildman–Crippen MR) is 75.8 cm³/mol. The van der Waals surface area contributed by atoms with Gasteiger partial charge in [-0.05, 0) is 31.6 Å². The van der Waals surface area contributed by atoms with Gasteiger partial charge in [-0.2, -0.15) is 0 Å². The highest BCUT2D eigenvalue weighted by atomic mass is 13.9. The summed E-state index contributed by atoms with van der Waals surface area (Å²) in [5, 5.41) is 0. The van der Waals surface area contributed by atoms with Crippen molar-refractivity contribution in [2.45, 2.75) is 20.3 Å². The number of aryl methyl sites for hydroxylation is 1. The lowest BCUT2D eigenvalue weighted by Crippen LogP contribution is -1.76. The normalized spacial score (nSPS) is 9.76. The molecule has 17 heavy (non-hydrogen) atoms. The van der Waals surface area contributed by atoms with Crippen LogP contribution in [-0.4, -0.2) is 0 Å². The van der Waals surface area contributed by atoms with Gasteiger partial charge in [-0.3, -0.25) is 0 Å². The molecule has 0 nitrogen and oxygen atoms in total. The first-order chi connectivity index (χ1) is 8.11. The molecule has 0 saturated heterocycles. The zero-order valence-electron chi connectivity index (χ0n) is 10.6. The van der Waals surface area contributed by atoms with Crippen LogP contribution < -0.4 is 0 Å². The number of rotatable bonds is 3. The fourth-order valence-corrected chi connectivity index (χ4v) is 1.17. The summed E-state index contributed by atoms with van der Waals surface area (Å²) in [5.41, 5.74) is 4.15. The van der Waals surface area contributed by atoms with Gasteiger partial charge in [0.2, 0.25) is 0 Å². The minimum absolute atomic E-state index is 0.806. The van der Waals surface area contributed by atoms with Crippen molar-refractivity contribution in [3.05, 3.63) is 71.8 Å². The third kappa shape index (κ3) is 5.04. The third-order valence-corrected chi connectivity index (χ3v) is 2.39. The Hall–Kier alpha value is -2.00. The second-order valence-corrected chi connectivity index (χ2v) is 3.99. The molecule has 1 aromatic carbocycles. The highest BCUT2D eigenvalue weighted by Gasteiger charge is 1.86. The van der Waals surface area contributed by atoms with Gasteiger partial charge in [-0.15, -0.1) is 0 Å². The second-order valence-electron chi connectivity index (χ2n) is 3.99. The first-order valence-corrected chi connectivity index (χ1v) is 5.75. The maximum Gasteiger partial charge on any atom is 0.0249 e. The average molecular weight is 222 g/mol. The molecule has 0 fully saturated rings. The maximum absolute atomic E-state index is 3.90. The van der Waals surface area contributed by atoms with Gasteiger partial charge in [0, 0.05) is 11.1 Å². The van der Waals surface area contributed by atoms with Crippen molar-refractivity contribution < 1.29 is 0 Å². The third-order valence-electron chi connectivity index (χ3n) is 2.39. The van der Waals surface area contributed by atoms with Crippen LogP contribution in [0.1, 0.15) is 24.5 Å². The Balaban J connectivity index is 2.66. The SMILES string of the molecule is C=C(C#Cc1ccc(C)cc1)/C=C\C(=C)CC. The summed E-state index contributed by atoms with van der Waals surface area (Å²) < 4.78 is 0. The van der Waals surface area contributed by atoms with Crippen LogP contribution in [-0.2, 0) is 0 Å². The first kappa shape index (κ1) is 13.1. The van der Waals surface area contributed by atoms with Crippen LogP contribution in [0.15, 0.2) is 60.7 Å². The number of allylic oxidation sites excluding steroid dienone is 4. The van der Waals surface area contributed by atoms with E-state index in [4.69, 9.17) is 0 Å². The van der Waals surface area contributed by atoms with Crippen molar-refractivity contribution >= 4 is 0 Å². The lowest BCUT2D eigenvalue weighted by atomic mass is 10.1. The van der Waals surface area contributed by atoms with E-state index in [0.29, 0.717) is 0 Å². The lowest BCUT2D eigenvalue weighted by molar-refractivity contribution is 1.16. The largest absolute Gasteiger partial charge is 0.0958 e. The number of hydrogen-bond donors (Lipinski definition) is 0. The summed E-state index contributed by atoms with van der Waals surface area (Å²) in [7, 11) is 0. The van der Waals surface area contributed by atoms with Gasteiger partial charge >= 0.3 is 0 Å². The molecule has 0 aliphatic rings. The van der Waals surface area contributed by atoms with E-state index in [-0.39, 0.29) is 0 Å². The summed E-state index contributed by atoms with van der Waals surface area (Å²) in [4.78, 5) is 0. The van der Waals surface area contributed by atoms with E-state index in [9.17, 15) is 0 Å². The van der Waals surface area contributed by atoms with E-state index in [1.165, 1.54) is 5.56 Å². The van der Waals surface area contributed by atoms with E-state index in [0.717, 1.165) is 23.1 Å². The fourth-order valence-electron chi connectivity index (χ4n) is 1.17. The van der Waals surface area contributed by atoms with Gasteiger partial charge in [-0.1, -0.05) is 61.3 Å². The van der Waals surface area contributed by atoms with E-state index in [1.54, 1.807) is 0 Å². The molecule has 1 rings (SSSR count). The Kier molecular flexibility index (Phi) is 5.04. The van der Waals surface area contributed by atoms with Crippen LogP contribution in [0.3, 0.4) is 0 Å². The second kappa shape index (κ2) is 6.55. The Morgan fingerprint density at radius 1 is 1.18 bits per heavy atom. The summed E-state index contributed by atoms with van der Waals surface area (Å²) in [5.74, 6) is 6.11. The molecule has 86 valence electrons. The van der Waals surface area contributed by atoms with Gasteiger partial charge in [0.15, 0.2) is 0 Å². The summed E-state index contributed by atoms with van der Waals surface area (Å²) in [6, 6.07) is 8.15. The molecule has 1 aromatic rings. The van der Waals surface area contributed by atoms with Gasteiger partial charge in [0.25, 0.3) is 0 Å². The van der Waals surface area contributed by atoms with Crippen molar-refractivity contribution in [2.75, 3.05) is 0 Å². The fraction of sp³-hybridized carbons (Fsp3) is 0.176. The molecule has 0 aliphatic carbocycles. The van der Waals surface area contributed by atoms with E-state index in [1.807, 2.05) is 24.3 Å². The van der Waals surface area contributed by atoms with Crippen LogP contribution >= 0.6 is 0 Å². The predicted octanol–water partition coefficient (Wildman–Crippen LogP) is 4.43. The molecule has 0 heteroatoms. The molecule has 0 bridgehead atoms. The average Bonchev–Trinajstić information content (AvgIpc) is 2.35. The quantitative estimate of drug-likeness (QED) is 0.524. The molecule has 0 unspecified atom stereocenters. The Morgan fingerprint density at radius 3 is 2.41 bits per heavy atom. The summed E-state index contributed by atoms with van der Waals surface area (Å²) in [6.07, 6.45) is 4.83. The lowest BCUT2D eigenvalue weighted by Gasteiger charge is -1.92. The Labute approximate surface area is 104 Å². The molecule has 0 N–H and O–H groups in total. The Bertz CT molecular complexity index is 487. The van der Waals surface area contributed by atoms with Gasteiger partial charge in [0.1, 0.15) is 0 Å². The molecule has 0 saturated carbocycles. The monoisotopic (exact) mass is 222 g/mol. The van der Waals surface area contributed by atoms with Crippen LogP contribution in [0.5, 0.6) is 0 Å². The highest BCUT2D eigenvalue weighted by Crippen LogP contribution is 2.03. The molecule has 0 spiro atoms. The van der Waals surface area contributed by atoms with Crippen LogP contribution in [0.25, 0.3) is 0 Å². The van der Waals surface area contributed by atoms with Gasteiger partial charge in [-0.25, -0.2) is 0 Å². The topological polar surface area (TPSA) is 0 Å². The van der Waals surface area contributed by atoms with Gasteiger partial charge < -0.3 is 0 Å².